The molecule has 3 aromatic rings. The molecule has 0 saturated heterocycles. The van der Waals surface area contributed by atoms with Gasteiger partial charge in [0.1, 0.15) is 4.88 Å². The van der Waals surface area contributed by atoms with Gasteiger partial charge in [0.25, 0.3) is 5.91 Å². The Bertz CT molecular complexity index is 1110. The lowest BCUT2D eigenvalue weighted by molar-refractivity contribution is -0.123. The lowest BCUT2D eigenvalue weighted by atomic mass is 9.91. The fourth-order valence-corrected chi connectivity index (χ4v) is 4.78. The Balaban J connectivity index is 1.47. The first-order valence-electron chi connectivity index (χ1n) is 9.58. The standard InChI is InChI=1S/C22H23N3O3S/c1-12-19(13(2)25(4)24-12)23-21(26)14(3)28-22(27)18-11-16-10-9-15-7-5-6-8-17(15)20(16)29-18/h5-8,11,14H,9-10H2,1-4H3,(H,23,26)/t14-/m1/s1. The molecule has 1 amide bonds. The molecule has 1 atom stereocenters. The number of ether oxygens (including phenoxy) is 1. The largest absolute Gasteiger partial charge is 0.448 e. The van der Waals surface area contributed by atoms with Crippen LogP contribution in [0.3, 0.4) is 0 Å². The van der Waals surface area contributed by atoms with Crippen molar-refractivity contribution in [3.05, 3.63) is 57.7 Å². The van der Waals surface area contributed by atoms with Crippen molar-refractivity contribution in [2.24, 2.45) is 7.05 Å². The maximum absolute atomic E-state index is 12.7. The highest BCUT2D eigenvalue weighted by Gasteiger charge is 2.25. The third-order valence-corrected chi connectivity index (χ3v) is 6.54. The van der Waals surface area contributed by atoms with E-state index in [1.807, 2.05) is 39.1 Å². The number of carbonyl (C=O) groups excluding carboxylic acids is 2. The quantitative estimate of drug-likeness (QED) is 0.660. The normalized spacial score (nSPS) is 13.4. The molecule has 0 unspecified atom stereocenters. The highest BCUT2D eigenvalue weighted by atomic mass is 32.1. The van der Waals surface area contributed by atoms with Crippen molar-refractivity contribution in [3.8, 4) is 10.4 Å². The van der Waals surface area contributed by atoms with E-state index in [9.17, 15) is 9.59 Å². The Hall–Kier alpha value is -2.93. The first kappa shape index (κ1) is 19.4. The summed E-state index contributed by atoms with van der Waals surface area (Å²) in [5, 5.41) is 7.10. The van der Waals surface area contributed by atoms with Crippen molar-refractivity contribution in [2.75, 3.05) is 5.32 Å². The minimum atomic E-state index is -0.909. The monoisotopic (exact) mass is 409 g/mol. The van der Waals surface area contributed by atoms with Crippen LogP contribution in [0, 0.1) is 13.8 Å². The number of amides is 1. The van der Waals surface area contributed by atoms with E-state index in [1.54, 1.807) is 11.6 Å². The number of hydrogen-bond acceptors (Lipinski definition) is 5. The summed E-state index contributed by atoms with van der Waals surface area (Å²) in [5.41, 5.74) is 5.88. The molecule has 2 aromatic heterocycles. The molecule has 7 heteroatoms. The number of nitrogens with one attached hydrogen (secondary N) is 1. The number of fused-ring (bicyclic) bond motifs is 3. The van der Waals surface area contributed by atoms with Crippen LogP contribution in [0.25, 0.3) is 10.4 Å². The zero-order valence-electron chi connectivity index (χ0n) is 16.9. The number of carbonyl (C=O) groups is 2. The zero-order chi connectivity index (χ0) is 20.7. The van der Waals surface area contributed by atoms with Gasteiger partial charge in [-0.05, 0) is 56.4 Å². The molecular weight excluding hydrogens is 386 g/mol. The molecular formula is C22H23N3O3S. The van der Waals surface area contributed by atoms with Crippen molar-refractivity contribution in [3.63, 3.8) is 0 Å². The number of nitrogens with zero attached hydrogens (tertiary/aromatic N) is 2. The molecule has 0 bridgehead atoms. The predicted molar refractivity (Wildman–Crippen MR) is 113 cm³/mol. The fourth-order valence-electron chi connectivity index (χ4n) is 3.62. The molecule has 0 saturated carbocycles. The summed E-state index contributed by atoms with van der Waals surface area (Å²) in [6.45, 7) is 5.28. The molecule has 0 aliphatic heterocycles. The Morgan fingerprint density at radius 3 is 2.66 bits per heavy atom. The van der Waals surface area contributed by atoms with Gasteiger partial charge in [0.2, 0.25) is 0 Å². The number of hydrogen-bond donors (Lipinski definition) is 1. The summed E-state index contributed by atoms with van der Waals surface area (Å²) in [5.74, 6) is -0.839. The van der Waals surface area contributed by atoms with E-state index < -0.39 is 12.1 Å². The molecule has 0 fully saturated rings. The molecule has 0 spiro atoms. The fraction of sp³-hybridized carbons (Fsp3) is 0.318. The van der Waals surface area contributed by atoms with Gasteiger partial charge in [-0.15, -0.1) is 11.3 Å². The molecule has 1 N–H and O–H groups in total. The third-order valence-electron chi connectivity index (χ3n) is 5.35. The number of rotatable bonds is 4. The molecule has 2 heterocycles. The maximum Gasteiger partial charge on any atom is 0.349 e. The van der Waals surface area contributed by atoms with Gasteiger partial charge in [-0.3, -0.25) is 9.48 Å². The van der Waals surface area contributed by atoms with Crippen LogP contribution in [0.2, 0.25) is 0 Å². The molecule has 4 rings (SSSR count). The zero-order valence-corrected chi connectivity index (χ0v) is 17.7. The van der Waals surface area contributed by atoms with Crippen molar-refractivity contribution < 1.29 is 14.3 Å². The number of esters is 1. The summed E-state index contributed by atoms with van der Waals surface area (Å²) in [6.07, 6.45) is 0.968. The Kier molecular flexibility index (Phi) is 5.00. The van der Waals surface area contributed by atoms with Gasteiger partial charge < -0.3 is 10.1 Å². The summed E-state index contributed by atoms with van der Waals surface area (Å²) in [6, 6.07) is 10.2. The van der Waals surface area contributed by atoms with Crippen LogP contribution >= 0.6 is 11.3 Å². The van der Waals surface area contributed by atoms with E-state index in [0.717, 1.165) is 29.1 Å². The van der Waals surface area contributed by atoms with Crippen LogP contribution in [0.4, 0.5) is 5.69 Å². The second-order valence-electron chi connectivity index (χ2n) is 7.33. The molecule has 1 aliphatic carbocycles. The van der Waals surface area contributed by atoms with Crippen LogP contribution in [-0.4, -0.2) is 27.8 Å². The van der Waals surface area contributed by atoms with Crippen molar-refractivity contribution in [1.29, 1.82) is 0 Å². The lowest BCUT2D eigenvalue weighted by Crippen LogP contribution is -2.30. The van der Waals surface area contributed by atoms with E-state index in [4.69, 9.17) is 4.74 Å². The van der Waals surface area contributed by atoms with Gasteiger partial charge in [-0.2, -0.15) is 5.10 Å². The Morgan fingerprint density at radius 1 is 1.21 bits per heavy atom. The molecule has 6 nitrogen and oxygen atoms in total. The molecule has 1 aliphatic rings. The SMILES string of the molecule is Cc1nn(C)c(C)c1NC(=O)[C@@H](C)OC(=O)c1cc2c(s1)-c1ccccc1CC2. The van der Waals surface area contributed by atoms with Crippen LogP contribution in [0.5, 0.6) is 0 Å². The Morgan fingerprint density at radius 2 is 1.93 bits per heavy atom. The number of thiophene rings is 1. The predicted octanol–water partition coefficient (Wildman–Crippen LogP) is 4.05. The highest BCUT2D eigenvalue weighted by molar-refractivity contribution is 7.17. The molecule has 29 heavy (non-hydrogen) atoms. The molecule has 1 aromatic carbocycles. The van der Waals surface area contributed by atoms with Crippen molar-refractivity contribution >= 4 is 28.9 Å². The van der Waals surface area contributed by atoms with E-state index in [0.29, 0.717) is 10.6 Å². The summed E-state index contributed by atoms with van der Waals surface area (Å²) in [7, 11) is 1.82. The van der Waals surface area contributed by atoms with Gasteiger partial charge in [0.15, 0.2) is 6.10 Å². The topological polar surface area (TPSA) is 73.2 Å². The summed E-state index contributed by atoms with van der Waals surface area (Å²) >= 11 is 1.43. The van der Waals surface area contributed by atoms with Crippen molar-refractivity contribution in [1.82, 2.24) is 9.78 Å². The second-order valence-corrected chi connectivity index (χ2v) is 8.38. The lowest BCUT2D eigenvalue weighted by Gasteiger charge is -2.15. The number of benzene rings is 1. The van der Waals surface area contributed by atoms with Gasteiger partial charge in [0.05, 0.1) is 17.1 Å². The Labute approximate surface area is 173 Å². The second kappa shape index (κ2) is 7.48. The number of aryl methyl sites for hydroxylation is 4. The van der Waals surface area contributed by atoms with Crippen LogP contribution in [0.1, 0.15) is 39.1 Å². The van der Waals surface area contributed by atoms with E-state index in [1.165, 1.54) is 28.0 Å². The van der Waals surface area contributed by atoms with Gasteiger partial charge in [-0.25, -0.2) is 4.79 Å². The number of anilines is 1. The first-order chi connectivity index (χ1) is 13.8. The van der Waals surface area contributed by atoms with E-state index in [-0.39, 0.29) is 5.91 Å². The van der Waals surface area contributed by atoms with Crippen LogP contribution < -0.4 is 5.32 Å². The maximum atomic E-state index is 12.7. The summed E-state index contributed by atoms with van der Waals surface area (Å²) in [4.78, 5) is 26.9. The van der Waals surface area contributed by atoms with Crippen LogP contribution in [-0.2, 0) is 29.4 Å². The van der Waals surface area contributed by atoms with Gasteiger partial charge in [-0.1, -0.05) is 24.3 Å². The highest BCUT2D eigenvalue weighted by Crippen LogP contribution is 2.39. The van der Waals surface area contributed by atoms with E-state index in [2.05, 4.69) is 22.5 Å². The minimum Gasteiger partial charge on any atom is -0.448 e. The smallest absolute Gasteiger partial charge is 0.349 e. The minimum absolute atomic E-state index is 0.371. The average molecular weight is 410 g/mol. The van der Waals surface area contributed by atoms with Crippen LogP contribution in [0.15, 0.2) is 30.3 Å². The molecule has 0 radical (unpaired) electrons. The van der Waals surface area contributed by atoms with Crippen molar-refractivity contribution in [2.45, 2.75) is 39.7 Å². The average Bonchev–Trinajstić information content (AvgIpc) is 3.25. The van der Waals surface area contributed by atoms with E-state index >= 15 is 0 Å². The number of aromatic nitrogens is 2. The first-order valence-corrected chi connectivity index (χ1v) is 10.4. The van der Waals surface area contributed by atoms with Gasteiger partial charge in [0, 0.05) is 11.9 Å². The molecule has 150 valence electrons. The summed E-state index contributed by atoms with van der Waals surface area (Å²) < 4.78 is 7.16. The third kappa shape index (κ3) is 3.58. The van der Waals surface area contributed by atoms with Gasteiger partial charge >= 0.3 is 5.97 Å².